The molecule has 1 atom stereocenters. The minimum Gasteiger partial charge on any atom is -0.371 e. The highest BCUT2D eigenvalue weighted by Gasteiger charge is 2.35. The highest BCUT2D eigenvalue weighted by Crippen LogP contribution is 2.35. The second-order valence-electron chi connectivity index (χ2n) is 5.33. The van der Waals surface area contributed by atoms with Gasteiger partial charge in [0.1, 0.15) is 5.54 Å². The summed E-state index contributed by atoms with van der Waals surface area (Å²) in [6.07, 6.45) is 4.44. The molecular weight excluding hydrogens is 248 g/mol. The summed E-state index contributed by atoms with van der Waals surface area (Å²) >= 11 is 5.94. The van der Waals surface area contributed by atoms with E-state index in [1.807, 2.05) is 25.1 Å². The molecule has 0 heterocycles. The zero-order chi connectivity index (χ0) is 13.2. The number of nitrogens with one attached hydrogen (secondary N) is 1. The van der Waals surface area contributed by atoms with E-state index in [4.69, 9.17) is 17.3 Å². The molecule has 98 valence electrons. The molecule has 1 aliphatic carbocycles. The number of hydrogen-bond donors (Lipinski definition) is 2. The van der Waals surface area contributed by atoms with Crippen LogP contribution in [0.15, 0.2) is 24.3 Å². The van der Waals surface area contributed by atoms with Crippen LogP contribution in [-0.2, 0) is 4.79 Å². The Morgan fingerprint density at radius 1 is 1.56 bits per heavy atom. The number of nitrogens with two attached hydrogens (primary N) is 1. The third-order valence-electron chi connectivity index (χ3n) is 3.71. The summed E-state index contributed by atoms with van der Waals surface area (Å²) in [6.45, 7) is 1.87. The van der Waals surface area contributed by atoms with Crippen molar-refractivity contribution in [2.75, 3.05) is 5.32 Å². The van der Waals surface area contributed by atoms with Crippen LogP contribution >= 0.6 is 11.6 Å². The lowest BCUT2D eigenvalue weighted by Gasteiger charge is -2.36. The van der Waals surface area contributed by atoms with Crippen LogP contribution in [0.1, 0.15) is 32.6 Å². The molecule has 3 N–H and O–H groups in total. The van der Waals surface area contributed by atoms with Crippen molar-refractivity contribution in [2.24, 2.45) is 11.7 Å². The Bertz CT molecular complexity index is 445. The maximum Gasteiger partial charge on any atom is 0.242 e. The summed E-state index contributed by atoms with van der Waals surface area (Å²) in [6, 6.07) is 7.37. The van der Waals surface area contributed by atoms with E-state index >= 15 is 0 Å². The van der Waals surface area contributed by atoms with Crippen LogP contribution in [0.3, 0.4) is 0 Å². The van der Waals surface area contributed by atoms with Crippen LogP contribution in [0.4, 0.5) is 5.69 Å². The van der Waals surface area contributed by atoms with Gasteiger partial charge in [0.2, 0.25) is 5.91 Å². The number of benzene rings is 1. The molecule has 0 radical (unpaired) electrons. The summed E-state index contributed by atoms with van der Waals surface area (Å²) in [5.41, 5.74) is 5.69. The molecule has 0 aromatic heterocycles. The quantitative estimate of drug-likeness (QED) is 0.860. The average molecular weight is 267 g/mol. The monoisotopic (exact) mass is 266 g/mol. The van der Waals surface area contributed by atoms with E-state index in [-0.39, 0.29) is 5.91 Å². The minimum absolute atomic E-state index is 0.311. The fourth-order valence-corrected chi connectivity index (χ4v) is 2.56. The van der Waals surface area contributed by atoms with E-state index in [1.54, 1.807) is 6.07 Å². The lowest BCUT2D eigenvalue weighted by molar-refractivity contribution is -0.122. The fourth-order valence-electron chi connectivity index (χ4n) is 2.37. The fraction of sp³-hybridized carbons (Fsp3) is 0.500. The summed E-state index contributed by atoms with van der Waals surface area (Å²) < 4.78 is 0. The Kier molecular flexibility index (Phi) is 3.81. The predicted octanol–water partition coefficient (Wildman–Crippen LogP) is 3.19. The van der Waals surface area contributed by atoms with E-state index in [0.717, 1.165) is 12.1 Å². The summed E-state index contributed by atoms with van der Waals surface area (Å²) in [7, 11) is 0. The van der Waals surface area contributed by atoms with Crippen molar-refractivity contribution in [1.82, 2.24) is 0 Å². The van der Waals surface area contributed by atoms with E-state index in [1.165, 1.54) is 19.3 Å². The molecule has 1 aliphatic rings. The maximum atomic E-state index is 11.7. The van der Waals surface area contributed by atoms with Gasteiger partial charge in [-0.2, -0.15) is 0 Å². The molecule has 3 nitrogen and oxygen atoms in total. The smallest absolute Gasteiger partial charge is 0.242 e. The minimum atomic E-state index is -0.699. The van der Waals surface area contributed by atoms with Crippen molar-refractivity contribution in [3.63, 3.8) is 0 Å². The number of carbonyl (C=O) groups is 1. The highest BCUT2D eigenvalue weighted by atomic mass is 35.5. The van der Waals surface area contributed by atoms with Crippen LogP contribution in [0, 0.1) is 5.92 Å². The third-order valence-corrected chi connectivity index (χ3v) is 3.95. The van der Waals surface area contributed by atoms with E-state index < -0.39 is 5.54 Å². The molecule has 1 aromatic carbocycles. The summed E-state index contributed by atoms with van der Waals surface area (Å²) in [4.78, 5) is 11.7. The molecule has 1 fully saturated rings. The first kappa shape index (κ1) is 13.2. The molecule has 1 unspecified atom stereocenters. The van der Waals surface area contributed by atoms with Gasteiger partial charge in [0.15, 0.2) is 0 Å². The van der Waals surface area contributed by atoms with Crippen LogP contribution in [0.2, 0.25) is 5.02 Å². The molecule has 1 aromatic rings. The van der Waals surface area contributed by atoms with Gasteiger partial charge < -0.3 is 11.1 Å². The van der Waals surface area contributed by atoms with Crippen molar-refractivity contribution >= 4 is 23.2 Å². The average Bonchev–Trinajstić information content (AvgIpc) is 2.23. The van der Waals surface area contributed by atoms with Gasteiger partial charge in [-0.3, -0.25) is 4.79 Å². The van der Waals surface area contributed by atoms with Gasteiger partial charge in [-0.1, -0.05) is 36.9 Å². The van der Waals surface area contributed by atoms with Gasteiger partial charge in [0.25, 0.3) is 0 Å². The van der Waals surface area contributed by atoms with Crippen LogP contribution in [0.5, 0.6) is 0 Å². The Balaban J connectivity index is 2.11. The number of anilines is 1. The Hall–Kier alpha value is -1.22. The number of hydrogen-bond acceptors (Lipinski definition) is 2. The first-order valence-corrected chi connectivity index (χ1v) is 6.71. The lowest BCUT2D eigenvalue weighted by Crippen LogP contribution is -2.49. The van der Waals surface area contributed by atoms with Crippen molar-refractivity contribution < 1.29 is 4.79 Å². The number of carbonyl (C=O) groups excluding carboxylic acids is 1. The van der Waals surface area contributed by atoms with Crippen molar-refractivity contribution in [1.29, 1.82) is 0 Å². The first-order valence-electron chi connectivity index (χ1n) is 6.33. The molecule has 4 heteroatoms. The van der Waals surface area contributed by atoms with Crippen molar-refractivity contribution in [3.8, 4) is 0 Å². The molecular formula is C14H19ClN2O. The predicted molar refractivity (Wildman–Crippen MR) is 74.6 cm³/mol. The highest BCUT2D eigenvalue weighted by molar-refractivity contribution is 6.30. The number of primary amides is 1. The third kappa shape index (κ3) is 2.96. The van der Waals surface area contributed by atoms with E-state index in [9.17, 15) is 4.79 Å². The topological polar surface area (TPSA) is 55.1 Å². The van der Waals surface area contributed by atoms with Crippen molar-refractivity contribution in [2.45, 2.75) is 38.1 Å². The molecule has 1 amide bonds. The molecule has 0 saturated heterocycles. The Morgan fingerprint density at radius 2 is 2.28 bits per heavy atom. The van der Waals surface area contributed by atoms with Crippen LogP contribution < -0.4 is 11.1 Å². The second kappa shape index (κ2) is 5.19. The molecule has 0 bridgehead atoms. The Labute approximate surface area is 113 Å². The summed E-state index contributed by atoms with van der Waals surface area (Å²) in [5, 5.41) is 3.88. The lowest BCUT2D eigenvalue weighted by atomic mass is 9.76. The summed E-state index contributed by atoms with van der Waals surface area (Å²) in [5.74, 6) is 0.295. The van der Waals surface area contributed by atoms with Gasteiger partial charge in [-0.25, -0.2) is 0 Å². The van der Waals surface area contributed by atoms with Gasteiger partial charge in [-0.05, 0) is 37.5 Å². The standard InChI is InChI=1S/C14H19ClN2O/c1-14(13(16)18,9-10-4-2-5-10)17-12-7-3-6-11(15)8-12/h3,6-8,10,17H,2,4-5,9H2,1H3,(H2,16,18). The second-order valence-corrected chi connectivity index (χ2v) is 5.77. The molecule has 1 saturated carbocycles. The number of rotatable bonds is 5. The molecule has 0 spiro atoms. The number of amides is 1. The van der Waals surface area contributed by atoms with E-state index in [2.05, 4.69) is 5.32 Å². The largest absolute Gasteiger partial charge is 0.371 e. The zero-order valence-electron chi connectivity index (χ0n) is 10.6. The SMILES string of the molecule is CC(CC1CCC1)(Nc1cccc(Cl)c1)C(N)=O. The molecule has 18 heavy (non-hydrogen) atoms. The van der Waals surface area contributed by atoms with Gasteiger partial charge >= 0.3 is 0 Å². The van der Waals surface area contributed by atoms with Gasteiger partial charge in [0, 0.05) is 10.7 Å². The van der Waals surface area contributed by atoms with Crippen LogP contribution in [-0.4, -0.2) is 11.4 Å². The molecule has 0 aliphatic heterocycles. The molecule has 2 rings (SSSR count). The van der Waals surface area contributed by atoms with Gasteiger partial charge in [-0.15, -0.1) is 0 Å². The van der Waals surface area contributed by atoms with Crippen LogP contribution in [0.25, 0.3) is 0 Å². The first-order chi connectivity index (χ1) is 8.49. The maximum absolute atomic E-state index is 11.7. The Morgan fingerprint density at radius 3 is 2.78 bits per heavy atom. The van der Waals surface area contributed by atoms with Crippen molar-refractivity contribution in [3.05, 3.63) is 29.3 Å². The van der Waals surface area contributed by atoms with E-state index in [0.29, 0.717) is 10.9 Å². The van der Waals surface area contributed by atoms with Gasteiger partial charge in [0.05, 0.1) is 0 Å². The zero-order valence-corrected chi connectivity index (χ0v) is 11.3. The number of halogens is 1. The normalized spacial score (nSPS) is 18.8.